The Bertz CT molecular complexity index is 888. The van der Waals surface area contributed by atoms with Gasteiger partial charge in [-0.1, -0.05) is 42.5 Å². The van der Waals surface area contributed by atoms with Crippen molar-refractivity contribution < 1.29 is 4.79 Å². The Labute approximate surface area is 157 Å². The molecule has 4 nitrogen and oxygen atoms in total. The number of aromatic nitrogens is 1. The molecule has 0 saturated heterocycles. The molecule has 0 aliphatic carbocycles. The van der Waals surface area contributed by atoms with Gasteiger partial charge in [0.15, 0.2) is 0 Å². The van der Waals surface area contributed by atoms with Crippen molar-refractivity contribution in [2.45, 2.75) is 32.5 Å². The highest BCUT2D eigenvalue weighted by atomic mass is 32.1. The molecule has 26 heavy (non-hydrogen) atoms. The van der Waals surface area contributed by atoms with Crippen LogP contribution in [0.2, 0.25) is 0 Å². The largest absolute Gasteiger partial charge is 0.334 e. The van der Waals surface area contributed by atoms with Crippen LogP contribution < -0.4 is 5.56 Å². The van der Waals surface area contributed by atoms with Gasteiger partial charge < -0.3 is 9.47 Å². The molecule has 1 aromatic carbocycles. The summed E-state index contributed by atoms with van der Waals surface area (Å²) in [5.74, 6) is -0.0498. The molecule has 0 spiro atoms. The molecule has 1 amide bonds. The molecule has 0 N–H and O–H groups in total. The second-order valence-electron chi connectivity index (χ2n) is 6.31. The Morgan fingerprint density at radius 2 is 1.85 bits per heavy atom. The molecule has 1 atom stereocenters. The van der Waals surface area contributed by atoms with Crippen molar-refractivity contribution >= 4 is 17.2 Å². The van der Waals surface area contributed by atoms with Crippen LogP contribution in [0.4, 0.5) is 0 Å². The molecule has 0 unspecified atom stereocenters. The lowest BCUT2D eigenvalue weighted by molar-refractivity contribution is -0.134. The Balaban J connectivity index is 1.80. The summed E-state index contributed by atoms with van der Waals surface area (Å²) in [7, 11) is 0. The van der Waals surface area contributed by atoms with E-state index in [4.69, 9.17) is 0 Å². The highest BCUT2D eigenvalue weighted by Gasteiger charge is 2.21. The Morgan fingerprint density at radius 3 is 2.54 bits per heavy atom. The number of nitrogens with zero attached hydrogens (tertiary/aromatic N) is 2. The summed E-state index contributed by atoms with van der Waals surface area (Å²) in [6, 6.07) is 19.1. The first-order valence-corrected chi connectivity index (χ1v) is 9.52. The first kappa shape index (κ1) is 18.1. The lowest BCUT2D eigenvalue weighted by Crippen LogP contribution is -2.42. The van der Waals surface area contributed by atoms with Crippen LogP contribution in [0.3, 0.4) is 0 Å². The highest BCUT2D eigenvalue weighted by Crippen LogP contribution is 2.17. The summed E-state index contributed by atoms with van der Waals surface area (Å²) < 4.78 is 1.46. The van der Waals surface area contributed by atoms with Gasteiger partial charge in [-0.2, -0.15) is 0 Å². The molecule has 0 fully saturated rings. The van der Waals surface area contributed by atoms with Crippen molar-refractivity contribution in [1.82, 2.24) is 9.47 Å². The normalized spacial score (nSPS) is 11.9. The van der Waals surface area contributed by atoms with Crippen molar-refractivity contribution in [3.8, 4) is 0 Å². The average Bonchev–Trinajstić information content (AvgIpc) is 3.15. The third-order valence-corrected chi connectivity index (χ3v) is 5.23. The number of carbonyl (C=O) groups excluding carboxylic acids is 1. The average molecular weight is 366 g/mol. The number of pyridine rings is 1. The van der Waals surface area contributed by atoms with Crippen molar-refractivity contribution in [1.29, 1.82) is 0 Å². The minimum atomic E-state index is -0.161. The van der Waals surface area contributed by atoms with E-state index in [1.165, 1.54) is 15.5 Å². The highest BCUT2D eigenvalue weighted by molar-refractivity contribution is 7.09. The lowest BCUT2D eigenvalue weighted by atomic mass is 10.1. The van der Waals surface area contributed by atoms with E-state index in [-0.39, 0.29) is 24.1 Å². The minimum absolute atomic E-state index is 0.0424. The van der Waals surface area contributed by atoms with E-state index in [0.717, 1.165) is 12.0 Å². The maximum Gasteiger partial charge on any atom is 0.250 e. The van der Waals surface area contributed by atoms with Gasteiger partial charge in [0, 0.05) is 36.1 Å². The SMILES string of the molecule is C[C@@H](Cc1cccs1)N(Cc1ccccc1)C(=O)Cn1ccccc1=O. The molecule has 0 aliphatic rings. The van der Waals surface area contributed by atoms with Crippen molar-refractivity contribution in [3.63, 3.8) is 0 Å². The number of amides is 1. The van der Waals surface area contributed by atoms with Crippen LogP contribution in [0, 0.1) is 0 Å². The smallest absolute Gasteiger partial charge is 0.250 e. The standard InChI is InChI=1S/C21H22N2O2S/c1-17(14-19-10-7-13-26-19)23(15-18-8-3-2-4-9-18)21(25)16-22-12-6-5-11-20(22)24/h2-13,17H,14-16H2,1H3/t17-/m0/s1. The van der Waals surface area contributed by atoms with Gasteiger partial charge in [0.05, 0.1) is 0 Å². The molecular weight excluding hydrogens is 344 g/mol. The molecule has 134 valence electrons. The third kappa shape index (κ3) is 4.70. The van der Waals surface area contributed by atoms with Gasteiger partial charge in [0.2, 0.25) is 5.91 Å². The molecule has 3 aromatic rings. The zero-order valence-corrected chi connectivity index (χ0v) is 15.6. The van der Waals surface area contributed by atoms with Gasteiger partial charge >= 0.3 is 0 Å². The number of hydrogen-bond acceptors (Lipinski definition) is 3. The van der Waals surface area contributed by atoms with E-state index in [9.17, 15) is 9.59 Å². The predicted molar refractivity (Wildman–Crippen MR) is 105 cm³/mol. The topological polar surface area (TPSA) is 42.3 Å². The molecule has 2 heterocycles. The fourth-order valence-electron chi connectivity index (χ4n) is 2.93. The molecule has 0 radical (unpaired) electrons. The van der Waals surface area contributed by atoms with Gasteiger partial charge in [0.25, 0.3) is 5.56 Å². The Hall–Kier alpha value is -2.66. The first-order chi connectivity index (χ1) is 12.6. The van der Waals surface area contributed by atoms with E-state index in [2.05, 4.69) is 18.4 Å². The second-order valence-corrected chi connectivity index (χ2v) is 7.34. The first-order valence-electron chi connectivity index (χ1n) is 8.65. The van der Waals surface area contributed by atoms with Crippen molar-refractivity contribution in [2.75, 3.05) is 0 Å². The Kier molecular flexibility index (Phi) is 6.02. The van der Waals surface area contributed by atoms with Crippen LogP contribution >= 0.6 is 11.3 Å². The third-order valence-electron chi connectivity index (χ3n) is 4.33. The summed E-state index contributed by atoms with van der Waals surface area (Å²) in [5.41, 5.74) is 0.922. The van der Waals surface area contributed by atoms with Crippen LogP contribution in [0.1, 0.15) is 17.4 Å². The zero-order valence-electron chi connectivity index (χ0n) is 14.7. The van der Waals surface area contributed by atoms with Crippen LogP contribution in [-0.4, -0.2) is 21.4 Å². The van der Waals surface area contributed by atoms with Crippen molar-refractivity contribution in [3.05, 3.63) is 93.0 Å². The molecule has 2 aromatic heterocycles. The second kappa shape index (κ2) is 8.63. The maximum atomic E-state index is 13.0. The molecule has 0 aliphatic heterocycles. The summed E-state index contributed by atoms with van der Waals surface area (Å²) in [6.07, 6.45) is 2.46. The molecule has 3 rings (SSSR count). The fraction of sp³-hybridized carbons (Fsp3) is 0.238. The monoisotopic (exact) mass is 366 g/mol. The van der Waals surface area contributed by atoms with E-state index in [0.29, 0.717) is 6.54 Å². The van der Waals surface area contributed by atoms with Crippen LogP contribution in [0.15, 0.2) is 77.0 Å². The van der Waals surface area contributed by atoms with Crippen LogP contribution in [0.25, 0.3) is 0 Å². The van der Waals surface area contributed by atoms with Gasteiger partial charge in [-0.25, -0.2) is 0 Å². The zero-order chi connectivity index (χ0) is 18.4. The summed E-state index contributed by atoms with van der Waals surface area (Å²) in [5, 5.41) is 2.05. The predicted octanol–water partition coefficient (Wildman–Crippen LogP) is 3.57. The van der Waals surface area contributed by atoms with Crippen molar-refractivity contribution in [2.24, 2.45) is 0 Å². The lowest BCUT2D eigenvalue weighted by Gasteiger charge is -2.29. The van der Waals surface area contributed by atoms with E-state index in [1.54, 1.807) is 29.7 Å². The van der Waals surface area contributed by atoms with E-state index in [1.807, 2.05) is 41.3 Å². The number of hydrogen-bond donors (Lipinski definition) is 0. The number of thiophene rings is 1. The quantitative estimate of drug-likeness (QED) is 0.641. The number of rotatable bonds is 7. The molecule has 5 heteroatoms. The molecule has 0 bridgehead atoms. The summed E-state index contributed by atoms with van der Waals surface area (Å²) in [4.78, 5) is 28.1. The number of carbonyl (C=O) groups is 1. The maximum absolute atomic E-state index is 13.0. The van der Waals surface area contributed by atoms with Gasteiger partial charge in [-0.3, -0.25) is 9.59 Å². The van der Waals surface area contributed by atoms with E-state index < -0.39 is 0 Å². The molecular formula is C21H22N2O2S. The van der Waals surface area contributed by atoms with Crippen LogP contribution in [-0.2, 0) is 24.3 Å². The fourth-order valence-corrected chi connectivity index (χ4v) is 3.75. The summed E-state index contributed by atoms with van der Waals surface area (Å²) in [6.45, 7) is 2.66. The number of benzene rings is 1. The minimum Gasteiger partial charge on any atom is -0.334 e. The van der Waals surface area contributed by atoms with Crippen LogP contribution in [0.5, 0.6) is 0 Å². The van der Waals surface area contributed by atoms with Gasteiger partial charge in [0.1, 0.15) is 6.54 Å². The van der Waals surface area contributed by atoms with E-state index >= 15 is 0 Å². The van der Waals surface area contributed by atoms with Gasteiger partial charge in [-0.05, 0) is 30.0 Å². The summed E-state index contributed by atoms with van der Waals surface area (Å²) >= 11 is 1.70. The van der Waals surface area contributed by atoms with Gasteiger partial charge in [-0.15, -0.1) is 11.3 Å². The molecule has 0 saturated carbocycles. The Morgan fingerprint density at radius 1 is 1.08 bits per heavy atom.